The van der Waals surface area contributed by atoms with Gasteiger partial charge in [-0.1, -0.05) is 60.7 Å². The third kappa shape index (κ3) is 3.24. The van der Waals surface area contributed by atoms with Crippen LogP contribution in [0.15, 0.2) is 60.7 Å². The van der Waals surface area contributed by atoms with Gasteiger partial charge >= 0.3 is 0 Å². The third-order valence-corrected chi connectivity index (χ3v) is 4.43. The van der Waals surface area contributed by atoms with Crippen LogP contribution in [0.3, 0.4) is 0 Å². The predicted octanol–water partition coefficient (Wildman–Crippen LogP) is 2.75. The molecule has 2 aromatic carbocycles. The van der Waals surface area contributed by atoms with E-state index in [0.29, 0.717) is 0 Å². The second-order valence-corrected chi connectivity index (χ2v) is 5.38. The van der Waals surface area contributed by atoms with Crippen LogP contribution in [0.1, 0.15) is 0 Å². The molecule has 0 aliphatic rings. The molecule has 0 saturated carbocycles. The molecule has 0 unspecified atom stereocenters. The average Bonchev–Trinajstić information content (AvgIpc) is 2.30. The molecule has 0 N–H and O–H groups in total. The molecular formula is C13H13IrP. The van der Waals surface area contributed by atoms with E-state index in [-0.39, 0.29) is 28.0 Å². The van der Waals surface area contributed by atoms with Crippen molar-refractivity contribution in [2.45, 2.75) is 0 Å². The summed E-state index contributed by atoms with van der Waals surface area (Å²) in [5, 5.41) is 2.88. The van der Waals surface area contributed by atoms with E-state index in [0.717, 1.165) is 0 Å². The average molecular weight is 392 g/mol. The third-order valence-electron chi connectivity index (χ3n) is 2.29. The maximum Gasteiger partial charge on any atom is 0 e. The van der Waals surface area contributed by atoms with Gasteiger partial charge in [0, 0.05) is 20.1 Å². The Hall–Kier alpha value is -0.481. The van der Waals surface area contributed by atoms with Crippen LogP contribution >= 0.6 is 7.92 Å². The summed E-state index contributed by atoms with van der Waals surface area (Å²) in [4.78, 5) is 0. The molecule has 0 fully saturated rings. The second kappa shape index (κ2) is 6.18. The molecule has 0 nitrogen and oxygen atoms in total. The molecule has 15 heavy (non-hydrogen) atoms. The van der Waals surface area contributed by atoms with Crippen LogP contribution in [0.25, 0.3) is 0 Å². The van der Waals surface area contributed by atoms with Crippen molar-refractivity contribution < 1.29 is 20.1 Å². The molecule has 2 rings (SSSR count). The van der Waals surface area contributed by atoms with E-state index >= 15 is 0 Å². The Morgan fingerprint density at radius 2 is 1.00 bits per heavy atom. The van der Waals surface area contributed by atoms with Gasteiger partial charge in [-0.25, -0.2) is 0 Å². The minimum absolute atomic E-state index is 0. The normalized spacial score (nSPS) is 9.73. The molecular weight excluding hydrogens is 379 g/mol. The quantitative estimate of drug-likeness (QED) is 0.690. The molecule has 0 saturated heterocycles. The van der Waals surface area contributed by atoms with Crippen LogP contribution in [0.4, 0.5) is 0 Å². The summed E-state index contributed by atoms with van der Waals surface area (Å²) in [5.74, 6) is 0. The van der Waals surface area contributed by atoms with E-state index in [1.807, 2.05) is 0 Å². The number of hydrogen-bond acceptors (Lipinski definition) is 0. The first-order valence-electron chi connectivity index (χ1n) is 4.72. The number of rotatable bonds is 2. The summed E-state index contributed by atoms with van der Waals surface area (Å²) >= 11 is 0. The maximum absolute atomic E-state index is 2.31. The van der Waals surface area contributed by atoms with E-state index in [9.17, 15) is 0 Å². The summed E-state index contributed by atoms with van der Waals surface area (Å²) in [5.41, 5.74) is 0. The fourth-order valence-electron chi connectivity index (χ4n) is 1.45. The van der Waals surface area contributed by atoms with Gasteiger partial charge in [0.25, 0.3) is 0 Å². The van der Waals surface area contributed by atoms with Crippen molar-refractivity contribution in [2.75, 3.05) is 6.66 Å². The van der Waals surface area contributed by atoms with Crippen molar-refractivity contribution in [3.05, 3.63) is 60.7 Å². The van der Waals surface area contributed by atoms with E-state index in [1.54, 1.807) is 0 Å². The Kier molecular flexibility index (Phi) is 5.18. The van der Waals surface area contributed by atoms with Gasteiger partial charge in [0.1, 0.15) is 0 Å². The van der Waals surface area contributed by atoms with Crippen LogP contribution < -0.4 is 10.6 Å². The van der Waals surface area contributed by atoms with Gasteiger partial charge in [0.15, 0.2) is 0 Å². The second-order valence-electron chi connectivity index (χ2n) is 3.23. The molecule has 0 atom stereocenters. The van der Waals surface area contributed by atoms with Crippen molar-refractivity contribution in [3.8, 4) is 0 Å². The summed E-state index contributed by atoms with van der Waals surface area (Å²) in [6.45, 7) is 2.31. The van der Waals surface area contributed by atoms with Crippen molar-refractivity contribution in [3.63, 3.8) is 0 Å². The van der Waals surface area contributed by atoms with Crippen LogP contribution in [0, 0.1) is 0 Å². The van der Waals surface area contributed by atoms with Crippen LogP contribution in [-0.4, -0.2) is 6.66 Å². The maximum atomic E-state index is 2.31. The van der Waals surface area contributed by atoms with Gasteiger partial charge < -0.3 is 0 Å². The van der Waals surface area contributed by atoms with E-state index in [2.05, 4.69) is 67.3 Å². The van der Waals surface area contributed by atoms with E-state index < -0.39 is 0 Å². The molecule has 0 amide bonds. The fourth-order valence-corrected chi connectivity index (χ4v) is 2.99. The Morgan fingerprint density at radius 3 is 1.33 bits per heavy atom. The topological polar surface area (TPSA) is 0 Å². The molecule has 0 spiro atoms. The molecule has 2 heteroatoms. The van der Waals surface area contributed by atoms with Crippen LogP contribution in [0.2, 0.25) is 0 Å². The standard InChI is InChI=1S/C13H13P.Ir/c1-14(12-8-4-2-5-9-12)13-10-6-3-7-11-13;/h2-11H,1H3;. The minimum atomic E-state index is -0.171. The summed E-state index contributed by atoms with van der Waals surface area (Å²) in [7, 11) is -0.171. The Labute approximate surface area is 106 Å². The Morgan fingerprint density at radius 1 is 0.667 bits per heavy atom. The largest absolute Gasteiger partial charge is 0.0622 e. The summed E-state index contributed by atoms with van der Waals surface area (Å²) in [6, 6.07) is 21.4. The van der Waals surface area contributed by atoms with Gasteiger partial charge in [-0.3, -0.25) is 0 Å². The van der Waals surface area contributed by atoms with Gasteiger partial charge in [-0.05, 0) is 25.2 Å². The molecule has 79 valence electrons. The zero-order valence-corrected chi connectivity index (χ0v) is 11.8. The molecule has 0 aliphatic carbocycles. The van der Waals surface area contributed by atoms with Gasteiger partial charge in [0.05, 0.1) is 0 Å². The van der Waals surface area contributed by atoms with Crippen molar-refractivity contribution in [2.24, 2.45) is 0 Å². The Balaban J connectivity index is 0.00000112. The summed E-state index contributed by atoms with van der Waals surface area (Å²) < 4.78 is 0. The van der Waals surface area contributed by atoms with Gasteiger partial charge in [0.2, 0.25) is 0 Å². The molecule has 0 aromatic heterocycles. The van der Waals surface area contributed by atoms with E-state index in [4.69, 9.17) is 0 Å². The van der Waals surface area contributed by atoms with E-state index in [1.165, 1.54) is 10.6 Å². The number of benzene rings is 2. The van der Waals surface area contributed by atoms with Gasteiger partial charge in [-0.15, -0.1) is 0 Å². The van der Waals surface area contributed by atoms with Crippen molar-refractivity contribution >= 4 is 18.5 Å². The Bertz CT molecular complexity index is 346. The smallest absolute Gasteiger partial charge is 0 e. The van der Waals surface area contributed by atoms with Crippen LogP contribution in [0.5, 0.6) is 0 Å². The molecule has 0 heterocycles. The zero-order valence-electron chi connectivity index (χ0n) is 8.55. The van der Waals surface area contributed by atoms with Crippen molar-refractivity contribution in [1.82, 2.24) is 0 Å². The first kappa shape index (κ1) is 12.6. The minimum Gasteiger partial charge on any atom is -0.0622 e. The zero-order chi connectivity index (χ0) is 9.80. The molecule has 2 aromatic rings. The fraction of sp³-hybridized carbons (Fsp3) is 0.0769. The monoisotopic (exact) mass is 393 g/mol. The molecule has 1 radical (unpaired) electrons. The van der Waals surface area contributed by atoms with Crippen molar-refractivity contribution in [1.29, 1.82) is 0 Å². The first-order chi connectivity index (χ1) is 6.88. The van der Waals surface area contributed by atoms with Crippen LogP contribution in [-0.2, 0) is 20.1 Å². The predicted molar refractivity (Wildman–Crippen MR) is 65.0 cm³/mol. The number of hydrogen-bond donors (Lipinski definition) is 0. The van der Waals surface area contributed by atoms with Gasteiger partial charge in [-0.2, -0.15) is 0 Å². The molecule has 0 bridgehead atoms. The summed E-state index contributed by atoms with van der Waals surface area (Å²) in [6.07, 6.45) is 0. The molecule has 0 aliphatic heterocycles. The SMILES string of the molecule is CP(c1ccccc1)c1ccccc1.[Ir]. The first-order valence-corrected chi connectivity index (χ1v) is 6.50.